The highest BCUT2D eigenvalue weighted by Gasteiger charge is 2.26. The van der Waals surface area contributed by atoms with Crippen molar-refractivity contribution in [2.24, 2.45) is 5.92 Å². The summed E-state index contributed by atoms with van der Waals surface area (Å²) in [4.78, 5) is 12.5. The molecule has 0 aliphatic carbocycles. The Kier molecular flexibility index (Phi) is 5.36. The van der Waals surface area contributed by atoms with E-state index in [9.17, 15) is 14.5 Å². The molecule has 0 spiro atoms. The van der Waals surface area contributed by atoms with E-state index >= 15 is 0 Å². The molecule has 0 saturated carbocycles. The molecule has 1 heterocycles. The zero-order valence-corrected chi connectivity index (χ0v) is 12.7. The van der Waals surface area contributed by atoms with E-state index in [-0.39, 0.29) is 10.7 Å². The van der Waals surface area contributed by atoms with Crippen LogP contribution in [-0.2, 0) is 0 Å². The molecule has 0 bridgehead atoms. The summed E-state index contributed by atoms with van der Waals surface area (Å²) in [7, 11) is 1.93. The number of benzene rings is 1. The highest BCUT2D eigenvalue weighted by molar-refractivity contribution is 6.31. The Hall–Kier alpha value is -1.40. The topological polar surface area (TPSA) is 58.4 Å². The van der Waals surface area contributed by atoms with Crippen molar-refractivity contribution in [2.45, 2.75) is 19.3 Å². The Morgan fingerprint density at radius 3 is 2.71 bits per heavy atom. The van der Waals surface area contributed by atoms with Crippen LogP contribution in [0.1, 0.15) is 19.3 Å². The summed E-state index contributed by atoms with van der Waals surface area (Å²) in [6, 6.07) is 2.27. The quantitative estimate of drug-likeness (QED) is 0.669. The van der Waals surface area contributed by atoms with Crippen molar-refractivity contribution < 1.29 is 9.31 Å². The number of nitrogens with zero attached hydrogens (tertiary/aromatic N) is 2. The molecule has 1 aliphatic rings. The third kappa shape index (κ3) is 3.83. The second-order valence-corrected chi connectivity index (χ2v) is 5.74. The van der Waals surface area contributed by atoms with E-state index in [1.807, 2.05) is 11.9 Å². The van der Waals surface area contributed by atoms with Crippen LogP contribution in [0.2, 0.25) is 5.02 Å². The molecule has 0 radical (unpaired) electrons. The lowest BCUT2D eigenvalue weighted by Gasteiger charge is -2.33. The van der Waals surface area contributed by atoms with E-state index in [1.54, 1.807) is 0 Å². The van der Waals surface area contributed by atoms with Gasteiger partial charge in [0.1, 0.15) is 11.5 Å². The van der Waals surface area contributed by atoms with Crippen molar-refractivity contribution in [1.29, 1.82) is 0 Å². The first-order valence-electron chi connectivity index (χ1n) is 7.06. The first kappa shape index (κ1) is 16.0. The number of hydrogen-bond donors (Lipinski definition) is 1. The molecule has 2 rings (SSSR count). The van der Waals surface area contributed by atoms with E-state index in [4.69, 9.17) is 11.6 Å². The average molecular weight is 316 g/mol. The first-order chi connectivity index (χ1) is 10.0. The third-order valence-corrected chi connectivity index (χ3v) is 4.26. The summed E-state index contributed by atoms with van der Waals surface area (Å²) in [5.74, 6) is -0.000485. The molecule has 5 nitrogen and oxygen atoms in total. The molecule has 0 unspecified atom stereocenters. The van der Waals surface area contributed by atoms with Crippen LogP contribution in [0.4, 0.5) is 15.8 Å². The summed E-state index contributed by atoms with van der Waals surface area (Å²) >= 11 is 5.64. The fourth-order valence-corrected chi connectivity index (χ4v) is 2.89. The predicted octanol–water partition coefficient (Wildman–Crippen LogP) is 3.21. The lowest BCUT2D eigenvalue weighted by molar-refractivity contribution is -0.384. The predicted molar refractivity (Wildman–Crippen MR) is 81.5 cm³/mol. The molecule has 1 aromatic rings. The standard InChI is InChI=1S/C14H19ClFN3O2/c1-17-5-2-10-3-6-18(7-4-10)13-9-12(16)11(15)8-14(13)19(20)21/h8-10,17H,2-7H2,1H3. The molecular formula is C14H19ClFN3O2. The van der Waals surface area contributed by atoms with E-state index in [0.29, 0.717) is 24.7 Å². The van der Waals surface area contributed by atoms with Crippen LogP contribution in [-0.4, -0.2) is 31.6 Å². The van der Waals surface area contributed by atoms with E-state index in [1.165, 1.54) is 6.07 Å². The van der Waals surface area contributed by atoms with Gasteiger partial charge in [0.15, 0.2) is 0 Å². The monoisotopic (exact) mass is 315 g/mol. The molecule has 1 aromatic carbocycles. The van der Waals surface area contributed by atoms with Crippen LogP contribution >= 0.6 is 11.6 Å². The van der Waals surface area contributed by atoms with Gasteiger partial charge >= 0.3 is 0 Å². The Bertz CT molecular complexity index is 519. The summed E-state index contributed by atoms with van der Waals surface area (Å²) in [6.07, 6.45) is 3.02. The summed E-state index contributed by atoms with van der Waals surface area (Å²) < 4.78 is 13.6. The average Bonchev–Trinajstić information content (AvgIpc) is 2.48. The maximum atomic E-state index is 13.6. The number of nitrogens with one attached hydrogen (secondary N) is 1. The van der Waals surface area contributed by atoms with Crippen molar-refractivity contribution in [1.82, 2.24) is 5.32 Å². The normalized spacial score (nSPS) is 16.2. The lowest BCUT2D eigenvalue weighted by atomic mass is 9.93. The number of rotatable bonds is 5. The zero-order valence-electron chi connectivity index (χ0n) is 11.9. The van der Waals surface area contributed by atoms with Crippen molar-refractivity contribution in [3.8, 4) is 0 Å². The molecule has 21 heavy (non-hydrogen) atoms. The fourth-order valence-electron chi connectivity index (χ4n) is 2.74. The summed E-state index contributed by atoms with van der Waals surface area (Å²) in [6.45, 7) is 2.38. The van der Waals surface area contributed by atoms with Crippen LogP contribution in [0.3, 0.4) is 0 Å². The minimum absolute atomic E-state index is 0.130. The largest absolute Gasteiger partial charge is 0.366 e. The molecule has 0 atom stereocenters. The second kappa shape index (κ2) is 7.04. The maximum absolute atomic E-state index is 13.6. The summed E-state index contributed by atoms with van der Waals surface area (Å²) in [5.41, 5.74) is 0.198. The Balaban J connectivity index is 2.12. The number of nitro groups is 1. The molecule has 1 fully saturated rings. The van der Waals surface area contributed by atoms with Gasteiger partial charge in [0, 0.05) is 25.2 Å². The van der Waals surface area contributed by atoms with E-state index in [2.05, 4.69) is 5.32 Å². The van der Waals surface area contributed by atoms with E-state index < -0.39 is 10.7 Å². The molecule has 0 aromatic heterocycles. The van der Waals surface area contributed by atoms with Gasteiger partial charge in [-0.15, -0.1) is 0 Å². The minimum atomic E-state index is -0.616. The molecule has 7 heteroatoms. The third-order valence-electron chi connectivity index (χ3n) is 3.97. The van der Waals surface area contributed by atoms with Gasteiger partial charge in [-0.1, -0.05) is 11.6 Å². The first-order valence-corrected chi connectivity index (χ1v) is 7.43. The van der Waals surface area contributed by atoms with Crippen molar-refractivity contribution in [2.75, 3.05) is 31.6 Å². The van der Waals surface area contributed by atoms with Crippen molar-refractivity contribution in [3.63, 3.8) is 0 Å². The van der Waals surface area contributed by atoms with Crippen molar-refractivity contribution >= 4 is 23.0 Å². The van der Waals surface area contributed by atoms with Crippen LogP contribution in [0.5, 0.6) is 0 Å². The molecular weight excluding hydrogens is 297 g/mol. The fraction of sp³-hybridized carbons (Fsp3) is 0.571. The molecule has 1 aliphatic heterocycles. The summed E-state index contributed by atoms with van der Waals surface area (Å²) in [5, 5.41) is 14.0. The van der Waals surface area contributed by atoms with Crippen LogP contribution in [0, 0.1) is 21.8 Å². The zero-order chi connectivity index (χ0) is 15.4. The highest BCUT2D eigenvalue weighted by atomic mass is 35.5. The number of halogens is 2. The van der Waals surface area contributed by atoms with Gasteiger partial charge in [-0.3, -0.25) is 10.1 Å². The van der Waals surface area contributed by atoms with Gasteiger partial charge < -0.3 is 10.2 Å². The van der Waals surface area contributed by atoms with Gasteiger partial charge in [0.2, 0.25) is 0 Å². The minimum Gasteiger partial charge on any atom is -0.366 e. The van der Waals surface area contributed by atoms with Gasteiger partial charge in [0.25, 0.3) is 5.69 Å². The number of hydrogen-bond acceptors (Lipinski definition) is 4. The second-order valence-electron chi connectivity index (χ2n) is 5.33. The maximum Gasteiger partial charge on any atom is 0.294 e. The molecule has 1 saturated heterocycles. The van der Waals surface area contributed by atoms with Gasteiger partial charge in [-0.25, -0.2) is 4.39 Å². The molecule has 1 N–H and O–H groups in total. The molecule has 0 amide bonds. The Morgan fingerprint density at radius 1 is 1.48 bits per heavy atom. The van der Waals surface area contributed by atoms with Gasteiger partial charge in [0.05, 0.1) is 9.95 Å². The van der Waals surface area contributed by atoms with E-state index in [0.717, 1.165) is 31.9 Å². The molecule has 116 valence electrons. The highest BCUT2D eigenvalue weighted by Crippen LogP contribution is 2.35. The van der Waals surface area contributed by atoms with Gasteiger partial charge in [-0.2, -0.15) is 0 Å². The van der Waals surface area contributed by atoms with Crippen LogP contribution in [0.25, 0.3) is 0 Å². The SMILES string of the molecule is CNCCC1CCN(c2cc(F)c(Cl)cc2[N+](=O)[O-])CC1. The number of nitro benzene ring substituents is 1. The number of anilines is 1. The smallest absolute Gasteiger partial charge is 0.294 e. The Labute approximate surface area is 128 Å². The van der Waals surface area contributed by atoms with Gasteiger partial charge in [-0.05, 0) is 38.8 Å². The van der Waals surface area contributed by atoms with Crippen LogP contribution in [0.15, 0.2) is 12.1 Å². The van der Waals surface area contributed by atoms with Crippen molar-refractivity contribution in [3.05, 3.63) is 33.1 Å². The van der Waals surface area contributed by atoms with Crippen LogP contribution < -0.4 is 10.2 Å². The lowest BCUT2D eigenvalue weighted by Crippen LogP contribution is -2.35. The Morgan fingerprint density at radius 2 is 2.14 bits per heavy atom. The number of piperidine rings is 1.